The molecule has 0 saturated heterocycles. The fourth-order valence-electron chi connectivity index (χ4n) is 3.38. The molecule has 0 fully saturated rings. The van der Waals surface area contributed by atoms with Gasteiger partial charge in [0.15, 0.2) is 15.6 Å². The van der Waals surface area contributed by atoms with Crippen LogP contribution in [0.5, 0.6) is 11.5 Å². The normalized spacial score (nSPS) is 11.5. The summed E-state index contributed by atoms with van der Waals surface area (Å²) in [7, 11) is -2.28. The average molecular weight is 455 g/mol. The van der Waals surface area contributed by atoms with Gasteiger partial charge in [0.25, 0.3) is 0 Å². The van der Waals surface area contributed by atoms with Crippen molar-refractivity contribution in [1.29, 1.82) is 0 Å². The van der Waals surface area contributed by atoms with Gasteiger partial charge in [0.1, 0.15) is 16.5 Å². The lowest BCUT2D eigenvalue weighted by molar-refractivity contribution is 0.458. The minimum atomic E-state index is -4.05. The van der Waals surface area contributed by atoms with E-state index in [9.17, 15) is 18.6 Å². The van der Waals surface area contributed by atoms with E-state index in [4.69, 9.17) is 11.6 Å². The summed E-state index contributed by atoms with van der Waals surface area (Å²) in [5.74, 6) is -0.673. The third kappa shape index (κ3) is 4.15. The van der Waals surface area contributed by atoms with Gasteiger partial charge in [0.05, 0.1) is 10.8 Å². The lowest BCUT2D eigenvalue weighted by Crippen LogP contribution is -2.07. The maximum Gasteiger partial charge on any atom is 0.186 e. The summed E-state index contributed by atoms with van der Waals surface area (Å²) in [6, 6.07) is 17.0. The molecule has 0 spiro atoms. The van der Waals surface area contributed by atoms with E-state index in [-0.39, 0.29) is 21.2 Å². The molecule has 0 amide bonds. The second-order valence-corrected chi connectivity index (χ2v) is 9.50. The first-order valence-electron chi connectivity index (χ1n) is 9.36. The van der Waals surface area contributed by atoms with Gasteiger partial charge in [-0.15, -0.1) is 0 Å². The van der Waals surface area contributed by atoms with E-state index in [1.165, 1.54) is 18.2 Å². The molecule has 2 N–H and O–H groups in total. The van der Waals surface area contributed by atoms with Crippen LogP contribution in [-0.4, -0.2) is 28.2 Å². The summed E-state index contributed by atoms with van der Waals surface area (Å²) < 4.78 is 28.2. The molecule has 4 rings (SSSR count). The molecule has 0 saturated carbocycles. The molecule has 8 heteroatoms. The van der Waals surface area contributed by atoms with E-state index in [0.717, 1.165) is 11.1 Å². The fourth-order valence-corrected chi connectivity index (χ4v) is 5.16. The second kappa shape index (κ2) is 8.09. The van der Waals surface area contributed by atoms with Crippen molar-refractivity contribution in [3.8, 4) is 34.0 Å². The number of phenolic OH excluding ortho intramolecular Hbond substituents is 2. The van der Waals surface area contributed by atoms with Gasteiger partial charge in [-0.2, -0.15) is 0 Å². The van der Waals surface area contributed by atoms with Crippen LogP contribution < -0.4 is 0 Å². The average Bonchev–Trinajstić information content (AvgIpc) is 3.18. The summed E-state index contributed by atoms with van der Waals surface area (Å²) in [6.07, 6.45) is 3.30. The third-order valence-electron chi connectivity index (χ3n) is 4.98. The first kappa shape index (κ1) is 21.0. The zero-order valence-corrected chi connectivity index (χ0v) is 18.1. The topological polar surface area (TPSA) is 92.4 Å². The Hall–Kier alpha value is -3.29. The summed E-state index contributed by atoms with van der Waals surface area (Å²) in [5, 5.41) is 20.6. The molecular formula is C23H19ClN2O4S. The smallest absolute Gasteiger partial charge is 0.186 e. The number of phenols is 2. The van der Waals surface area contributed by atoms with Crippen molar-refractivity contribution in [2.75, 3.05) is 0 Å². The maximum atomic E-state index is 13.2. The number of hydrogen-bond acceptors (Lipinski definition) is 5. The first-order chi connectivity index (χ1) is 14.8. The van der Waals surface area contributed by atoms with Crippen LogP contribution in [0.3, 0.4) is 0 Å². The number of aromatic hydroxyl groups is 2. The van der Waals surface area contributed by atoms with E-state index in [2.05, 4.69) is 4.98 Å². The Morgan fingerprint density at radius 1 is 0.968 bits per heavy atom. The monoisotopic (exact) mass is 454 g/mol. The van der Waals surface area contributed by atoms with Gasteiger partial charge in [-0.1, -0.05) is 48.0 Å². The maximum absolute atomic E-state index is 13.2. The Bertz CT molecular complexity index is 1370. The molecule has 0 radical (unpaired) electrons. The van der Waals surface area contributed by atoms with Crippen molar-refractivity contribution in [2.24, 2.45) is 7.05 Å². The Morgan fingerprint density at radius 3 is 2.39 bits per heavy atom. The van der Waals surface area contributed by atoms with Crippen LogP contribution in [0.15, 0.2) is 78.0 Å². The highest BCUT2D eigenvalue weighted by molar-refractivity contribution is 7.90. The number of rotatable bonds is 5. The van der Waals surface area contributed by atoms with Crippen LogP contribution in [0.2, 0.25) is 5.02 Å². The van der Waals surface area contributed by atoms with Gasteiger partial charge in [0, 0.05) is 30.6 Å². The molecule has 0 aliphatic heterocycles. The van der Waals surface area contributed by atoms with Crippen molar-refractivity contribution in [3.63, 3.8) is 0 Å². The van der Waals surface area contributed by atoms with E-state index in [1.807, 2.05) is 30.3 Å². The van der Waals surface area contributed by atoms with Crippen molar-refractivity contribution in [2.45, 2.75) is 10.6 Å². The molecule has 6 nitrogen and oxygen atoms in total. The largest absolute Gasteiger partial charge is 0.508 e. The lowest BCUT2D eigenvalue weighted by Gasteiger charge is -2.13. The summed E-state index contributed by atoms with van der Waals surface area (Å²) in [5.41, 5.74) is 2.34. The number of aromatic nitrogens is 2. The van der Waals surface area contributed by atoms with Gasteiger partial charge in [0.2, 0.25) is 0 Å². The zero-order chi connectivity index (χ0) is 22.2. The highest BCUT2D eigenvalue weighted by Gasteiger charge is 2.25. The van der Waals surface area contributed by atoms with Crippen molar-refractivity contribution in [3.05, 3.63) is 83.6 Å². The molecule has 0 aliphatic carbocycles. The van der Waals surface area contributed by atoms with E-state index >= 15 is 0 Å². The van der Waals surface area contributed by atoms with Crippen LogP contribution in [0.1, 0.15) is 5.56 Å². The SMILES string of the molecule is Cn1ccnc1-c1cc(Cl)c(O)c(S(=O)(=O)Cc2cc(-c3ccccc3)ccc2O)c1. The number of aryl methyl sites for hydroxylation is 1. The molecule has 0 bridgehead atoms. The van der Waals surface area contributed by atoms with Crippen LogP contribution in [0.4, 0.5) is 0 Å². The fraction of sp³-hybridized carbons (Fsp3) is 0.0870. The highest BCUT2D eigenvalue weighted by atomic mass is 35.5. The van der Waals surface area contributed by atoms with E-state index in [1.54, 1.807) is 36.1 Å². The second-order valence-electron chi connectivity index (χ2n) is 7.14. The molecule has 0 atom stereocenters. The van der Waals surface area contributed by atoms with E-state index in [0.29, 0.717) is 11.4 Å². The number of halogens is 1. The zero-order valence-electron chi connectivity index (χ0n) is 16.5. The molecule has 4 aromatic rings. The Labute approximate surface area is 184 Å². The quantitative estimate of drug-likeness (QED) is 0.452. The molecule has 1 heterocycles. The molecule has 1 aromatic heterocycles. The summed E-state index contributed by atoms with van der Waals surface area (Å²) in [6.45, 7) is 0. The summed E-state index contributed by atoms with van der Waals surface area (Å²) >= 11 is 6.13. The predicted octanol–water partition coefficient (Wildman–Crippen LogP) is 4.79. The number of benzene rings is 3. The molecular weight excluding hydrogens is 436 g/mol. The predicted molar refractivity (Wildman–Crippen MR) is 120 cm³/mol. The third-order valence-corrected chi connectivity index (χ3v) is 6.94. The van der Waals surface area contributed by atoms with Crippen LogP contribution in [0.25, 0.3) is 22.5 Å². The van der Waals surface area contributed by atoms with Crippen molar-refractivity contribution >= 4 is 21.4 Å². The van der Waals surface area contributed by atoms with E-state index < -0.39 is 21.3 Å². The van der Waals surface area contributed by atoms with Gasteiger partial charge < -0.3 is 14.8 Å². The minimum Gasteiger partial charge on any atom is -0.508 e. The first-order valence-corrected chi connectivity index (χ1v) is 11.4. The van der Waals surface area contributed by atoms with Gasteiger partial charge >= 0.3 is 0 Å². The minimum absolute atomic E-state index is 0.0960. The summed E-state index contributed by atoms with van der Waals surface area (Å²) in [4.78, 5) is 3.89. The number of imidazole rings is 1. The Balaban J connectivity index is 1.77. The highest BCUT2D eigenvalue weighted by Crippen LogP contribution is 2.38. The Kier molecular flexibility index (Phi) is 5.47. The molecule has 0 unspecified atom stereocenters. The lowest BCUT2D eigenvalue weighted by atomic mass is 10.0. The van der Waals surface area contributed by atoms with Crippen molar-refractivity contribution < 1.29 is 18.6 Å². The van der Waals surface area contributed by atoms with Crippen LogP contribution in [0, 0.1) is 0 Å². The van der Waals surface area contributed by atoms with Gasteiger partial charge in [-0.3, -0.25) is 0 Å². The van der Waals surface area contributed by atoms with Crippen LogP contribution >= 0.6 is 11.6 Å². The van der Waals surface area contributed by atoms with Crippen molar-refractivity contribution in [1.82, 2.24) is 9.55 Å². The number of sulfone groups is 1. The number of hydrogen-bond donors (Lipinski definition) is 2. The van der Waals surface area contributed by atoms with Gasteiger partial charge in [-0.05, 0) is 35.4 Å². The Morgan fingerprint density at radius 2 is 1.71 bits per heavy atom. The number of nitrogens with zero attached hydrogens (tertiary/aromatic N) is 2. The molecule has 158 valence electrons. The standard InChI is InChI=1S/C23H19ClN2O4S/c1-26-10-9-25-23(26)17-12-19(24)22(28)21(13-17)31(29,30)14-18-11-16(7-8-20(18)27)15-5-3-2-4-6-15/h2-13,27-28H,14H2,1H3. The molecule has 31 heavy (non-hydrogen) atoms. The van der Waals surface area contributed by atoms with Gasteiger partial charge in [-0.25, -0.2) is 13.4 Å². The molecule has 0 aliphatic rings. The van der Waals surface area contributed by atoms with Crippen LogP contribution in [-0.2, 0) is 22.6 Å². The molecule has 3 aromatic carbocycles.